The lowest BCUT2D eigenvalue weighted by atomic mass is 10.2. The highest BCUT2D eigenvalue weighted by atomic mass is 19.4. The molecule has 0 saturated carbocycles. The van der Waals surface area contributed by atoms with E-state index in [1.165, 1.54) is 6.20 Å². The number of hydrogen-bond donors (Lipinski definition) is 2. The molecule has 0 aliphatic rings. The molecule has 0 aromatic carbocycles. The SMILES string of the molecule is Cc1cccnc1-c1nc(N(N)C(F)(F)F)nc(=O)[nH]1. The Kier molecular flexibility index (Phi) is 3.40. The van der Waals surface area contributed by atoms with Gasteiger partial charge < -0.3 is 0 Å². The summed E-state index contributed by atoms with van der Waals surface area (Å²) in [5.74, 6) is 3.74. The molecule has 7 nitrogen and oxygen atoms in total. The maximum atomic E-state index is 12.5. The zero-order valence-corrected chi connectivity index (χ0v) is 10.1. The lowest BCUT2D eigenvalue weighted by Crippen LogP contribution is -2.46. The average Bonchev–Trinajstić information content (AvgIpc) is 2.36. The number of hydrazine groups is 1. The second-order valence-electron chi connectivity index (χ2n) is 3.81. The predicted octanol–water partition coefficient (Wildman–Crippen LogP) is 0.735. The van der Waals surface area contributed by atoms with E-state index in [4.69, 9.17) is 5.84 Å². The number of nitrogens with zero attached hydrogens (tertiary/aromatic N) is 4. The van der Waals surface area contributed by atoms with Gasteiger partial charge in [-0.1, -0.05) is 6.07 Å². The second-order valence-corrected chi connectivity index (χ2v) is 3.81. The van der Waals surface area contributed by atoms with E-state index in [-0.39, 0.29) is 11.5 Å². The third-order valence-electron chi connectivity index (χ3n) is 2.36. The van der Waals surface area contributed by atoms with Crippen LogP contribution in [-0.4, -0.2) is 26.2 Å². The van der Waals surface area contributed by atoms with Crippen LogP contribution in [-0.2, 0) is 0 Å². The summed E-state index contributed by atoms with van der Waals surface area (Å²) in [6, 6.07) is 3.32. The molecule has 2 rings (SSSR count). The molecule has 0 unspecified atom stereocenters. The molecule has 0 aliphatic heterocycles. The van der Waals surface area contributed by atoms with Crippen molar-refractivity contribution in [2.24, 2.45) is 5.84 Å². The van der Waals surface area contributed by atoms with Crippen molar-refractivity contribution in [1.29, 1.82) is 0 Å². The van der Waals surface area contributed by atoms with Crippen molar-refractivity contribution in [2.45, 2.75) is 13.2 Å². The van der Waals surface area contributed by atoms with Crippen LogP contribution >= 0.6 is 0 Å². The van der Waals surface area contributed by atoms with E-state index in [9.17, 15) is 18.0 Å². The number of nitrogens with one attached hydrogen (secondary N) is 1. The van der Waals surface area contributed by atoms with Crippen molar-refractivity contribution >= 4 is 5.95 Å². The Morgan fingerprint density at radius 1 is 1.35 bits per heavy atom. The van der Waals surface area contributed by atoms with Crippen molar-refractivity contribution in [2.75, 3.05) is 5.01 Å². The molecule has 0 atom stereocenters. The van der Waals surface area contributed by atoms with E-state index >= 15 is 0 Å². The minimum atomic E-state index is -4.90. The highest BCUT2D eigenvalue weighted by Gasteiger charge is 2.38. The standard InChI is InChI=1S/C10H9F3N6O/c1-5-3-2-4-15-6(5)7-16-8(18-9(20)17-7)19(14)10(11,12)13/h2-4H,14H2,1H3,(H,16,17,18,20). The molecule has 2 heterocycles. The Balaban J connectivity index is 2.56. The van der Waals surface area contributed by atoms with Gasteiger partial charge in [-0.15, -0.1) is 13.2 Å². The number of nitrogens with two attached hydrogens (primary N) is 1. The van der Waals surface area contributed by atoms with Crippen molar-refractivity contribution in [1.82, 2.24) is 19.9 Å². The summed E-state index contributed by atoms with van der Waals surface area (Å²) in [5, 5.41) is -0.635. The molecule has 2 aromatic heterocycles. The van der Waals surface area contributed by atoms with Gasteiger partial charge in [0, 0.05) is 6.20 Å². The van der Waals surface area contributed by atoms with Crippen LogP contribution in [0.15, 0.2) is 23.1 Å². The molecule has 0 bridgehead atoms. The number of aromatic amines is 1. The molecule has 0 spiro atoms. The maximum absolute atomic E-state index is 12.5. The first-order valence-electron chi connectivity index (χ1n) is 5.31. The average molecular weight is 286 g/mol. The van der Waals surface area contributed by atoms with Crippen LogP contribution in [0.5, 0.6) is 0 Å². The van der Waals surface area contributed by atoms with E-state index in [0.717, 1.165) is 0 Å². The lowest BCUT2D eigenvalue weighted by molar-refractivity contribution is -0.130. The largest absolute Gasteiger partial charge is 0.501 e. The topological polar surface area (TPSA) is 101 Å². The van der Waals surface area contributed by atoms with Crippen LogP contribution in [0.25, 0.3) is 11.5 Å². The Morgan fingerprint density at radius 2 is 2.05 bits per heavy atom. The van der Waals surface area contributed by atoms with Crippen molar-refractivity contribution in [3.05, 3.63) is 34.4 Å². The fourth-order valence-electron chi connectivity index (χ4n) is 1.44. The molecule has 0 amide bonds. The Morgan fingerprint density at radius 3 is 2.65 bits per heavy atom. The highest BCUT2D eigenvalue weighted by Crippen LogP contribution is 2.22. The minimum absolute atomic E-state index is 0.141. The third kappa shape index (κ3) is 2.74. The predicted molar refractivity (Wildman–Crippen MR) is 63.3 cm³/mol. The van der Waals surface area contributed by atoms with Crippen LogP contribution in [0.2, 0.25) is 0 Å². The summed E-state index contributed by atoms with van der Waals surface area (Å²) < 4.78 is 37.4. The fraction of sp³-hybridized carbons (Fsp3) is 0.200. The van der Waals surface area contributed by atoms with Gasteiger partial charge in [0.15, 0.2) is 5.82 Å². The van der Waals surface area contributed by atoms with Crippen LogP contribution in [0.1, 0.15) is 5.56 Å². The number of alkyl halides is 3. The van der Waals surface area contributed by atoms with E-state index in [1.54, 1.807) is 19.1 Å². The number of aromatic nitrogens is 4. The molecule has 3 N–H and O–H groups in total. The van der Waals surface area contributed by atoms with Crippen molar-refractivity contribution < 1.29 is 13.2 Å². The Labute approximate surface area is 110 Å². The van der Waals surface area contributed by atoms with Crippen molar-refractivity contribution in [3.63, 3.8) is 0 Å². The van der Waals surface area contributed by atoms with Gasteiger partial charge >= 0.3 is 12.0 Å². The van der Waals surface area contributed by atoms with Gasteiger partial charge in [-0.25, -0.2) is 10.6 Å². The first-order chi connectivity index (χ1) is 9.29. The first kappa shape index (κ1) is 13.9. The zero-order valence-electron chi connectivity index (χ0n) is 10.1. The number of anilines is 1. The zero-order chi connectivity index (χ0) is 14.9. The molecule has 0 aliphatic carbocycles. The molecule has 0 saturated heterocycles. The molecule has 10 heteroatoms. The van der Waals surface area contributed by atoms with E-state index in [0.29, 0.717) is 5.56 Å². The number of H-pyrrole nitrogens is 1. The molecule has 0 radical (unpaired) electrons. The quantitative estimate of drug-likeness (QED) is 0.479. The van der Waals surface area contributed by atoms with E-state index in [1.807, 2.05) is 0 Å². The van der Waals surface area contributed by atoms with Gasteiger partial charge in [-0.05, 0) is 18.6 Å². The van der Waals surface area contributed by atoms with Crippen LogP contribution in [0, 0.1) is 6.92 Å². The van der Waals surface area contributed by atoms with E-state index < -0.39 is 22.9 Å². The fourth-order valence-corrected chi connectivity index (χ4v) is 1.44. The summed E-state index contributed by atoms with van der Waals surface area (Å²) in [6.45, 7) is 1.67. The second kappa shape index (κ2) is 4.89. The van der Waals surface area contributed by atoms with Gasteiger partial charge in [0.05, 0.1) is 0 Å². The van der Waals surface area contributed by atoms with Gasteiger partial charge in [0.2, 0.25) is 0 Å². The van der Waals surface area contributed by atoms with Crippen LogP contribution in [0.3, 0.4) is 0 Å². The first-order valence-corrected chi connectivity index (χ1v) is 5.31. The number of halogens is 3. The van der Waals surface area contributed by atoms with Gasteiger partial charge in [0.25, 0.3) is 5.95 Å². The van der Waals surface area contributed by atoms with Gasteiger partial charge in [-0.2, -0.15) is 15.0 Å². The summed E-state index contributed by atoms with van der Waals surface area (Å²) in [5.41, 5.74) is -0.137. The molecule has 2 aromatic rings. The summed E-state index contributed by atoms with van der Waals surface area (Å²) in [6.07, 6.45) is -3.48. The van der Waals surface area contributed by atoms with E-state index in [2.05, 4.69) is 19.9 Å². The molecular formula is C10H9F3N6O. The maximum Gasteiger partial charge on any atom is 0.501 e. The normalized spacial score (nSPS) is 11.4. The molecule has 0 fully saturated rings. The number of rotatable bonds is 2. The van der Waals surface area contributed by atoms with Crippen LogP contribution in [0.4, 0.5) is 19.1 Å². The number of hydrogen-bond acceptors (Lipinski definition) is 6. The monoisotopic (exact) mass is 286 g/mol. The Bertz CT molecular complexity index is 683. The third-order valence-corrected chi connectivity index (χ3v) is 2.36. The van der Waals surface area contributed by atoms with Gasteiger partial charge in [0.1, 0.15) is 5.69 Å². The lowest BCUT2D eigenvalue weighted by Gasteiger charge is -2.18. The summed E-state index contributed by atoms with van der Waals surface area (Å²) in [4.78, 5) is 24.2. The minimum Gasteiger partial charge on any atom is -0.288 e. The van der Waals surface area contributed by atoms with Crippen LogP contribution < -0.4 is 16.5 Å². The van der Waals surface area contributed by atoms with Gasteiger partial charge in [-0.3, -0.25) is 9.97 Å². The van der Waals surface area contributed by atoms with Crippen molar-refractivity contribution in [3.8, 4) is 11.5 Å². The molecule has 106 valence electrons. The highest BCUT2D eigenvalue weighted by molar-refractivity contribution is 5.55. The molecule has 20 heavy (non-hydrogen) atoms. The smallest absolute Gasteiger partial charge is 0.288 e. The summed E-state index contributed by atoms with van der Waals surface area (Å²) in [7, 11) is 0. The summed E-state index contributed by atoms with van der Waals surface area (Å²) >= 11 is 0. The number of pyridine rings is 1. The number of aryl methyl sites for hydroxylation is 1. The molecular weight excluding hydrogens is 277 g/mol. The Hall–Kier alpha value is -2.49.